The molecule has 2 aliphatic rings. The number of imidazole rings is 1. The normalized spacial score (nSPS) is 16.9. The standard InChI is InChI=1S/C25H25N11OS/c1-14-17(10-28-20-12-34(2)38(37)33-24(14)20)19-7-15-8-21(29-11-18(15)25(26)30-19)31-22-9-16-3-5-35-6-4-27-23(35)13-36(16)32-22/h4,6-11,33H,3,5,12-13H2,1-2H3,(H2,26,30)(H,29,31,32). The van der Waals surface area contributed by atoms with Gasteiger partial charge in [0.2, 0.25) is 0 Å². The van der Waals surface area contributed by atoms with Crippen LogP contribution in [0.15, 0.2) is 43.0 Å². The van der Waals surface area contributed by atoms with E-state index in [2.05, 4.69) is 40.6 Å². The number of nitrogens with two attached hydrogens (primary N) is 1. The lowest BCUT2D eigenvalue weighted by Crippen LogP contribution is -2.37. The third-order valence-corrected chi connectivity index (χ3v) is 8.18. The largest absolute Gasteiger partial charge is 0.573 e. The number of nitrogen functional groups attached to an aromatic ring is 1. The van der Waals surface area contributed by atoms with Gasteiger partial charge in [-0.3, -0.25) is 9.67 Å². The molecular weight excluding hydrogens is 502 g/mol. The van der Waals surface area contributed by atoms with Crippen molar-refractivity contribution >= 4 is 45.5 Å². The first kappa shape index (κ1) is 23.0. The van der Waals surface area contributed by atoms with Crippen LogP contribution in [0.3, 0.4) is 0 Å². The van der Waals surface area contributed by atoms with Crippen molar-refractivity contribution in [1.82, 2.24) is 38.6 Å². The molecule has 0 saturated heterocycles. The zero-order valence-electron chi connectivity index (χ0n) is 20.8. The van der Waals surface area contributed by atoms with E-state index in [0.717, 1.165) is 63.6 Å². The van der Waals surface area contributed by atoms with Gasteiger partial charge < -0.3 is 20.2 Å². The molecular formula is C25H25N11OS. The van der Waals surface area contributed by atoms with Crippen molar-refractivity contribution in [2.24, 2.45) is 0 Å². The minimum Gasteiger partial charge on any atom is -0.573 e. The molecule has 2 aliphatic heterocycles. The summed E-state index contributed by atoms with van der Waals surface area (Å²) < 4.78 is 21.2. The molecule has 5 aromatic rings. The van der Waals surface area contributed by atoms with Crippen molar-refractivity contribution in [2.45, 2.75) is 33.0 Å². The second-order valence-corrected chi connectivity index (χ2v) is 10.9. The molecule has 0 amide bonds. The van der Waals surface area contributed by atoms with Crippen molar-refractivity contribution in [3.8, 4) is 11.3 Å². The zero-order valence-corrected chi connectivity index (χ0v) is 21.7. The van der Waals surface area contributed by atoms with Gasteiger partial charge in [0.15, 0.2) is 17.4 Å². The Hall–Kier alpha value is -4.20. The first-order valence-corrected chi connectivity index (χ1v) is 13.3. The third kappa shape index (κ3) is 3.83. The first-order chi connectivity index (χ1) is 18.4. The molecule has 0 fully saturated rings. The Balaban J connectivity index is 1.21. The zero-order chi connectivity index (χ0) is 26.0. The van der Waals surface area contributed by atoms with E-state index in [1.54, 1.807) is 23.7 Å². The van der Waals surface area contributed by atoms with E-state index in [1.807, 2.05) is 36.1 Å². The van der Waals surface area contributed by atoms with Crippen LogP contribution < -0.4 is 15.8 Å². The highest BCUT2D eigenvalue weighted by molar-refractivity contribution is 7.90. The average molecular weight is 528 g/mol. The summed E-state index contributed by atoms with van der Waals surface area (Å²) >= 11 is -1.31. The monoisotopic (exact) mass is 527 g/mol. The number of nitrogens with one attached hydrogen (secondary N) is 2. The number of pyridine rings is 3. The van der Waals surface area contributed by atoms with Gasteiger partial charge >= 0.3 is 0 Å². The molecule has 7 heterocycles. The van der Waals surface area contributed by atoms with E-state index in [-0.39, 0.29) is 0 Å². The van der Waals surface area contributed by atoms with E-state index < -0.39 is 11.5 Å². The van der Waals surface area contributed by atoms with E-state index in [9.17, 15) is 4.55 Å². The van der Waals surface area contributed by atoms with Gasteiger partial charge in [-0.05, 0) is 30.0 Å². The first-order valence-electron chi connectivity index (χ1n) is 12.2. The summed E-state index contributed by atoms with van der Waals surface area (Å²) in [6, 6.07) is 5.97. The highest BCUT2D eigenvalue weighted by Gasteiger charge is 2.28. The molecule has 4 N–H and O–H groups in total. The summed E-state index contributed by atoms with van der Waals surface area (Å²) in [4.78, 5) is 18.2. The maximum absolute atomic E-state index is 12.3. The van der Waals surface area contributed by atoms with Gasteiger partial charge in [-0.25, -0.2) is 15.0 Å². The van der Waals surface area contributed by atoms with Crippen molar-refractivity contribution < 1.29 is 4.55 Å². The summed E-state index contributed by atoms with van der Waals surface area (Å²) in [6.45, 7) is 3.99. The molecule has 1 unspecified atom stereocenters. The smallest absolute Gasteiger partial charge is 0.166 e. The van der Waals surface area contributed by atoms with E-state index in [1.165, 1.54) is 0 Å². The maximum Gasteiger partial charge on any atom is 0.166 e. The number of nitrogens with zero attached hydrogens (tertiary/aromatic N) is 8. The van der Waals surface area contributed by atoms with Gasteiger partial charge in [0.1, 0.15) is 23.1 Å². The van der Waals surface area contributed by atoms with Crippen LogP contribution in [0.5, 0.6) is 0 Å². The molecule has 7 rings (SSSR count). The molecule has 1 atom stereocenters. The highest BCUT2D eigenvalue weighted by atomic mass is 32.2. The molecule has 0 bridgehead atoms. The second-order valence-electron chi connectivity index (χ2n) is 9.53. The molecule has 38 heavy (non-hydrogen) atoms. The fourth-order valence-electron chi connectivity index (χ4n) is 5.03. The Labute approximate surface area is 221 Å². The van der Waals surface area contributed by atoms with E-state index in [4.69, 9.17) is 10.8 Å². The van der Waals surface area contributed by atoms with E-state index in [0.29, 0.717) is 30.4 Å². The highest BCUT2D eigenvalue weighted by Crippen LogP contribution is 2.35. The van der Waals surface area contributed by atoms with Gasteiger partial charge in [0.05, 0.1) is 24.5 Å². The van der Waals surface area contributed by atoms with E-state index >= 15 is 0 Å². The Morgan fingerprint density at radius 2 is 2.00 bits per heavy atom. The minimum absolute atomic E-state index is 0.383. The topological polar surface area (TPSA) is 151 Å². The Bertz CT molecular complexity index is 1710. The number of aromatic nitrogens is 7. The predicted octanol–water partition coefficient (Wildman–Crippen LogP) is 2.76. The molecule has 0 aliphatic carbocycles. The third-order valence-electron chi connectivity index (χ3n) is 7.10. The Kier molecular flexibility index (Phi) is 5.25. The molecule has 12 nitrogen and oxygen atoms in total. The van der Waals surface area contributed by atoms with Crippen molar-refractivity contribution in [1.29, 1.82) is 0 Å². The van der Waals surface area contributed by atoms with Crippen molar-refractivity contribution in [3.05, 3.63) is 65.8 Å². The van der Waals surface area contributed by atoms with Crippen LogP contribution in [0, 0.1) is 6.92 Å². The number of anilines is 4. The van der Waals surface area contributed by atoms with Crippen LogP contribution >= 0.6 is 0 Å². The number of fused-ring (bicyclic) bond motifs is 4. The van der Waals surface area contributed by atoms with Crippen LogP contribution in [-0.4, -0.2) is 50.2 Å². The summed E-state index contributed by atoms with van der Waals surface area (Å²) in [5.41, 5.74) is 11.6. The van der Waals surface area contributed by atoms with Crippen molar-refractivity contribution in [2.75, 3.05) is 22.8 Å². The summed E-state index contributed by atoms with van der Waals surface area (Å²) in [5.74, 6) is 2.77. The van der Waals surface area contributed by atoms with Crippen molar-refractivity contribution in [3.63, 3.8) is 0 Å². The fraction of sp³-hybridized carbons (Fsp3) is 0.240. The molecule has 5 aromatic heterocycles. The van der Waals surface area contributed by atoms with Gasteiger partial charge in [-0.2, -0.15) is 9.82 Å². The predicted molar refractivity (Wildman–Crippen MR) is 146 cm³/mol. The van der Waals surface area contributed by atoms with Crippen LogP contribution in [0.4, 0.5) is 23.1 Å². The molecule has 192 valence electrons. The van der Waals surface area contributed by atoms with Crippen LogP contribution in [-0.2, 0) is 37.6 Å². The Morgan fingerprint density at radius 3 is 2.89 bits per heavy atom. The summed E-state index contributed by atoms with van der Waals surface area (Å²) in [5, 5.41) is 9.73. The Morgan fingerprint density at radius 1 is 1.11 bits per heavy atom. The van der Waals surface area contributed by atoms with Crippen LogP contribution in [0.1, 0.15) is 22.8 Å². The van der Waals surface area contributed by atoms with Gasteiger partial charge in [0, 0.05) is 67.5 Å². The van der Waals surface area contributed by atoms with Crippen LogP contribution in [0.25, 0.3) is 22.0 Å². The van der Waals surface area contributed by atoms with Gasteiger partial charge in [-0.15, -0.1) is 4.31 Å². The van der Waals surface area contributed by atoms with Crippen LogP contribution in [0.2, 0.25) is 0 Å². The van der Waals surface area contributed by atoms with Gasteiger partial charge in [0.25, 0.3) is 0 Å². The SMILES string of the molecule is Cc1c(-c2cc3cc(Nc4cc5n(n4)Cc4nccn4CC5)ncc3c(N)n2)cnc2c1N[S+]([O-])N(C)C2. The lowest BCUT2D eigenvalue weighted by molar-refractivity contribution is 0.460. The lowest BCUT2D eigenvalue weighted by atomic mass is 10.0. The lowest BCUT2D eigenvalue weighted by Gasteiger charge is -2.27. The minimum atomic E-state index is -1.31. The number of aryl methyl sites for hydroxylation is 2. The number of hydrogen-bond acceptors (Lipinski definition) is 10. The van der Waals surface area contributed by atoms with Gasteiger partial charge in [-0.1, -0.05) is 0 Å². The molecule has 0 saturated carbocycles. The molecule has 0 spiro atoms. The maximum atomic E-state index is 12.3. The average Bonchev–Trinajstić information content (AvgIpc) is 3.46. The quantitative estimate of drug-likeness (QED) is 0.299. The fourth-order valence-corrected chi connectivity index (χ4v) is 5.87. The molecule has 0 radical (unpaired) electrons. The number of hydrogen-bond donors (Lipinski definition) is 3. The molecule has 0 aromatic carbocycles. The molecule has 13 heteroatoms. The second kappa shape index (κ2) is 8.68. The summed E-state index contributed by atoms with van der Waals surface area (Å²) in [7, 11) is 1.79. The summed E-state index contributed by atoms with van der Waals surface area (Å²) in [6.07, 6.45) is 8.23. The number of rotatable bonds is 3.